The van der Waals surface area contributed by atoms with Crippen LogP contribution < -0.4 is 0 Å². The summed E-state index contributed by atoms with van der Waals surface area (Å²) in [6.07, 6.45) is 1.74. The van der Waals surface area contributed by atoms with Gasteiger partial charge in [-0.15, -0.1) is 10.2 Å². The summed E-state index contributed by atoms with van der Waals surface area (Å²) in [6.45, 7) is 0.224. The number of aliphatic hydroxyl groups is 1. The zero-order valence-electron chi connectivity index (χ0n) is 13.3. The monoisotopic (exact) mass is 337 g/mol. The summed E-state index contributed by atoms with van der Waals surface area (Å²) in [4.78, 5) is 4.74. The Hall–Kier alpha value is -2.24. The fourth-order valence-corrected chi connectivity index (χ4v) is 3.12. The van der Waals surface area contributed by atoms with E-state index in [1.54, 1.807) is 11.8 Å². The van der Waals surface area contributed by atoms with E-state index >= 15 is 0 Å². The van der Waals surface area contributed by atoms with Gasteiger partial charge in [-0.05, 0) is 12.8 Å². The number of aliphatic hydroxyl groups excluding tert-OH is 1. The standard InChI is InChI=1S/C19H19N3OS/c23-13-7-8-14-24-19-20-17(15-9-3-1-4-10-15)18(21-22-19)16-11-5-2-6-12-16/h1-6,9-12,23H,7-8,13-14H2. The maximum atomic E-state index is 8.87. The van der Waals surface area contributed by atoms with Gasteiger partial charge in [0, 0.05) is 23.5 Å². The fourth-order valence-electron chi connectivity index (χ4n) is 2.34. The number of hydrogen-bond donors (Lipinski definition) is 1. The van der Waals surface area contributed by atoms with E-state index in [9.17, 15) is 0 Å². The normalized spacial score (nSPS) is 10.7. The molecule has 0 unspecified atom stereocenters. The van der Waals surface area contributed by atoms with E-state index in [2.05, 4.69) is 10.2 Å². The van der Waals surface area contributed by atoms with E-state index in [0.717, 1.165) is 41.1 Å². The fraction of sp³-hybridized carbons (Fsp3) is 0.211. The van der Waals surface area contributed by atoms with Gasteiger partial charge in [-0.2, -0.15) is 0 Å². The van der Waals surface area contributed by atoms with Crippen LogP contribution in [0.2, 0.25) is 0 Å². The molecule has 0 saturated heterocycles. The van der Waals surface area contributed by atoms with Crippen LogP contribution in [-0.2, 0) is 0 Å². The minimum Gasteiger partial charge on any atom is -0.396 e. The second-order valence-corrected chi connectivity index (χ2v) is 6.36. The summed E-state index contributed by atoms with van der Waals surface area (Å²) in [5, 5.41) is 18.3. The zero-order chi connectivity index (χ0) is 16.6. The third kappa shape index (κ3) is 4.19. The Bertz CT molecular complexity index is 766. The van der Waals surface area contributed by atoms with Crippen LogP contribution in [0.1, 0.15) is 12.8 Å². The van der Waals surface area contributed by atoms with Crippen LogP contribution in [-0.4, -0.2) is 32.6 Å². The molecule has 4 nitrogen and oxygen atoms in total. The smallest absolute Gasteiger partial charge is 0.209 e. The molecular weight excluding hydrogens is 318 g/mol. The molecule has 0 spiro atoms. The minimum absolute atomic E-state index is 0.224. The largest absolute Gasteiger partial charge is 0.396 e. The highest BCUT2D eigenvalue weighted by atomic mass is 32.2. The summed E-state index contributed by atoms with van der Waals surface area (Å²) < 4.78 is 0. The van der Waals surface area contributed by atoms with Gasteiger partial charge >= 0.3 is 0 Å². The number of rotatable bonds is 7. The molecule has 0 amide bonds. The number of aromatic nitrogens is 3. The zero-order valence-corrected chi connectivity index (χ0v) is 14.1. The summed E-state index contributed by atoms with van der Waals surface area (Å²) in [5.74, 6) is 0.876. The molecule has 2 aromatic carbocycles. The average molecular weight is 337 g/mol. The van der Waals surface area contributed by atoms with E-state index in [1.165, 1.54) is 0 Å². The number of unbranched alkanes of at least 4 members (excludes halogenated alkanes) is 1. The van der Waals surface area contributed by atoms with Gasteiger partial charge in [-0.1, -0.05) is 72.4 Å². The number of hydrogen-bond acceptors (Lipinski definition) is 5. The Morgan fingerprint density at radius 1 is 0.750 bits per heavy atom. The lowest BCUT2D eigenvalue weighted by Gasteiger charge is -2.09. The first-order valence-corrected chi connectivity index (χ1v) is 8.96. The van der Waals surface area contributed by atoms with Crippen LogP contribution in [0.25, 0.3) is 22.5 Å². The van der Waals surface area contributed by atoms with Gasteiger partial charge in [-0.3, -0.25) is 0 Å². The second kappa shape index (κ2) is 8.57. The van der Waals surface area contributed by atoms with Gasteiger partial charge in [0.05, 0.1) is 0 Å². The van der Waals surface area contributed by atoms with Crippen molar-refractivity contribution in [2.45, 2.75) is 18.0 Å². The van der Waals surface area contributed by atoms with Crippen molar-refractivity contribution in [1.29, 1.82) is 0 Å². The molecule has 0 fully saturated rings. The van der Waals surface area contributed by atoms with E-state index < -0.39 is 0 Å². The summed E-state index contributed by atoms with van der Waals surface area (Å²) in [5.41, 5.74) is 3.68. The van der Waals surface area contributed by atoms with Crippen LogP contribution in [0.15, 0.2) is 65.8 Å². The molecule has 0 saturated carbocycles. The van der Waals surface area contributed by atoms with Gasteiger partial charge in [0.25, 0.3) is 0 Å². The van der Waals surface area contributed by atoms with Gasteiger partial charge in [0.1, 0.15) is 11.4 Å². The van der Waals surface area contributed by atoms with Crippen molar-refractivity contribution >= 4 is 11.8 Å². The molecule has 1 aromatic heterocycles. The van der Waals surface area contributed by atoms with Gasteiger partial charge in [0.2, 0.25) is 5.16 Å². The highest BCUT2D eigenvalue weighted by Gasteiger charge is 2.13. The van der Waals surface area contributed by atoms with Crippen molar-refractivity contribution < 1.29 is 5.11 Å². The Morgan fingerprint density at radius 2 is 1.38 bits per heavy atom. The lowest BCUT2D eigenvalue weighted by Crippen LogP contribution is -1.99. The molecule has 0 atom stereocenters. The van der Waals surface area contributed by atoms with Crippen molar-refractivity contribution in [2.24, 2.45) is 0 Å². The van der Waals surface area contributed by atoms with Crippen LogP contribution in [0, 0.1) is 0 Å². The Labute approximate surface area is 146 Å². The highest BCUT2D eigenvalue weighted by Crippen LogP contribution is 2.29. The summed E-state index contributed by atoms with van der Waals surface area (Å²) in [7, 11) is 0. The molecule has 1 heterocycles. The Kier molecular flexibility index (Phi) is 5.93. The quantitative estimate of drug-likeness (QED) is 0.520. The molecule has 3 aromatic rings. The first-order valence-electron chi connectivity index (χ1n) is 7.97. The molecule has 1 N–H and O–H groups in total. The lowest BCUT2D eigenvalue weighted by atomic mass is 10.0. The van der Waals surface area contributed by atoms with Crippen LogP contribution >= 0.6 is 11.8 Å². The number of thioether (sulfide) groups is 1. The molecule has 0 bridgehead atoms. The molecule has 3 rings (SSSR count). The third-order valence-electron chi connectivity index (χ3n) is 3.55. The van der Waals surface area contributed by atoms with Crippen LogP contribution in [0.4, 0.5) is 0 Å². The Balaban J connectivity index is 1.94. The molecular formula is C19H19N3OS. The maximum absolute atomic E-state index is 8.87. The average Bonchev–Trinajstić information content (AvgIpc) is 2.66. The molecule has 0 aliphatic heterocycles. The molecule has 0 radical (unpaired) electrons. The molecule has 0 aliphatic rings. The van der Waals surface area contributed by atoms with Crippen molar-refractivity contribution in [3.8, 4) is 22.5 Å². The SMILES string of the molecule is OCCCCSc1nnc(-c2ccccc2)c(-c2ccccc2)n1. The molecule has 24 heavy (non-hydrogen) atoms. The lowest BCUT2D eigenvalue weighted by molar-refractivity contribution is 0.287. The van der Waals surface area contributed by atoms with Gasteiger partial charge in [0.15, 0.2) is 0 Å². The van der Waals surface area contributed by atoms with Gasteiger partial charge in [-0.25, -0.2) is 4.98 Å². The van der Waals surface area contributed by atoms with Crippen molar-refractivity contribution in [2.75, 3.05) is 12.4 Å². The summed E-state index contributed by atoms with van der Waals surface area (Å²) in [6, 6.07) is 20.1. The van der Waals surface area contributed by atoms with E-state index in [1.807, 2.05) is 60.7 Å². The Morgan fingerprint density at radius 3 is 2.00 bits per heavy atom. The van der Waals surface area contributed by atoms with Crippen molar-refractivity contribution in [3.05, 3.63) is 60.7 Å². The van der Waals surface area contributed by atoms with Crippen molar-refractivity contribution in [3.63, 3.8) is 0 Å². The van der Waals surface area contributed by atoms with E-state index in [4.69, 9.17) is 10.1 Å². The van der Waals surface area contributed by atoms with Crippen molar-refractivity contribution in [1.82, 2.24) is 15.2 Å². The predicted octanol–water partition coefficient (Wildman–Crippen LogP) is 4.07. The van der Waals surface area contributed by atoms with E-state index in [-0.39, 0.29) is 6.61 Å². The van der Waals surface area contributed by atoms with Crippen LogP contribution in [0.3, 0.4) is 0 Å². The molecule has 5 heteroatoms. The first kappa shape index (κ1) is 16.6. The number of benzene rings is 2. The topological polar surface area (TPSA) is 58.9 Å². The molecule has 122 valence electrons. The highest BCUT2D eigenvalue weighted by molar-refractivity contribution is 7.99. The number of nitrogens with zero attached hydrogens (tertiary/aromatic N) is 3. The summed E-state index contributed by atoms with van der Waals surface area (Å²) >= 11 is 1.58. The third-order valence-corrected chi connectivity index (χ3v) is 4.47. The van der Waals surface area contributed by atoms with E-state index in [0.29, 0.717) is 5.16 Å². The maximum Gasteiger partial charge on any atom is 0.209 e. The van der Waals surface area contributed by atoms with Crippen LogP contribution in [0.5, 0.6) is 0 Å². The molecule has 0 aliphatic carbocycles. The second-order valence-electron chi connectivity index (χ2n) is 5.30. The predicted molar refractivity (Wildman–Crippen MR) is 97.7 cm³/mol. The minimum atomic E-state index is 0.224. The van der Waals surface area contributed by atoms with Gasteiger partial charge < -0.3 is 5.11 Å². The first-order chi connectivity index (χ1) is 11.9.